The Kier molecular flexibility index (Phi) is 5.24. The highest BCUT2D eigenvalue weighted by molar-refractivity contribution is 6.30. The molecule has 5 heteroatoms. The second-order valence-corrected chi connectivity index (χ2v) is 8.68. The van der Waals surface area contributed by atoms with Crippen LogP contribution in [0.2, 0.25) is 5.02 Å². The highest BCUT2D eigenvalue weighted by Crippen LogP contribution is 2.37. The second-order valence-electron chi connectivity index (χ2n) is 8.24. The molecule has 4 aromatic rings. The van der Waals surface area contributed by atoms with Crippen LogP contribution < -0.4 is 5.32 Å². The van der Waals surface area contributed by atoms with E-state index in [-0.39, 0.29) is 12.1 Å². The lowest BCUT2D eigenvalue weighted by Gasteiger charge is -2.31. The van der Waals surface area contributed by atoms with E-state index in [0.717, 1.165) is 33.8 Å². The fourth-order valence-corrected chi connectivity index (χ4v) is 4.48. The van der Waals surface area contributed by atoms with Gasteiger partial charge in [0.15, 0.2) is 0 Å². The van der Waals surface area contributed by atoms with Crippen molar-refractivity contribution in [2.45, 2.75) is 26.4 Å². The molecule has 160 valence electrons. The van der Waals surface area contributed by atoms with Crippen LogP contribution in [0.25, 0.3) is 5.69 Å². The highest BCUT2D eigenvalue weighted by atomic mass is 35.5. The van der Waals surface area contributed by atoms with Crippen LogP contribution in [0.3, 0.4) is 0 Å². The monoisotopic (exact) mass is 441 g/mol. The van der Waals surface area contributed by atoms with E-state index in [1.807, 2.05) is 65.6 Å². The van der Waals surface area contributed by atoms with Crippen LogP contribution >= 0.6 is 11.6 Å². The molecule has 3 aromatic carbocycles. The van der Waals surface area contributed by atoms with Gasteiger partial charge in [-0.15, -0.1) is 0 Å². The van der Waals surface area contributed by atoms with Gasteiger partial charge in [0.2, 0.25) is 0 Å². The zero-order valence-corrected chi connectivity index (χ0v) is 18.8. The first-order valence-electron chi connectivity index (χ1n) is 10.7. The maximum atomic E-state index is 13.7. The number of hydrogen-bond donors (Lipinski definition) is 1. The van der Waals surface area contributed by atoms with Crippen molar-refractivity contribution in [1.82, 2.24) is 9.47 Å². The molecule has 1 aliphatic heterocycles. The van der Waals surface area contributed by atoms with E-state index in [4.69, 9.17) is 11.6 Å². The van der Waals surface area contributed by atoms with Crippen LogP contribution in [-0.2, 0) is 6.54 Å². The van der Waals surface area contributed by atoms with E-state index < -0.39 is 0 Å². The van der Waals surface area contributed by atoms with Gasteiger partial charge >= 0.3 is 6.03 Å². The summed E-state index contributed by atoms with van der Waals surface area (Å²) in [5.74, 6) is 0. The molecule has 0 saturated carbocycles. The van der Waals surface area contributed by atoms with E-state index in [1.165, 1.54) is 5.56 Å². The SMILES string of the molecule is Cc1ccc(NC(=O)N2Cc3ccccc3-n3cccc3[C@@H]2c2ccc(Cl)cc2)cc1C. The molecule has 4 nitrogen and oxygen atoms in total. The minimum absolute atomic E-state index is 0.141. The van der Waals surface area contributed by atoms with Crippen molar-refractivity contribution in [3.63, 3.8) is 0 Å². The molecule has 0 radical (unpaired) electrons. The topological polar surface area (TPSA) is 37.3 Å². The third-order valence-electron chi connectivity index (χ3n) is 6.17. The van der Waals surface area contributed by atoms with Gasteiger partial charge in [-0.1, -0.05) is 48.0 Å². The number of nitrogens with one attached hydrogen (secondary N) is 1. The molecule has 2 heterocycles. The number of hydrogen-bond acceptors (Lipinski definition) is 1. The number of rotatable bonds is 2. The van der Waals surface area contributed by atoms with Crippen molar-refractivity contribution >= 4 is 23.3 Å². The average molecular weight is 442 g/mol. The molecule has 0 spiro atoms. The second kappa shape index (κ2) is 8.21. The molecular weight excluding hydrogens is 418 g/mol. The normalized spacial score (nSPS) is 15.0. The van der Waals surface area contributed by atoms with E-state index in [0.29, 0.717) is 11.6 Å². The quantitative estimate of drug-likeness (QED) is 0.361. The first kappa shape index (κ1) is 20.4. The molecule has 0 aliphatic carbocycles. The van der Waals surface area contributed by atoms with Crippen molar-refractivity contribution in [2.24, 2.45) is 0 Å². The number of amides is 2. The summed E-state index contributed by atoms with van der Waals surface area (Å²) in [4.78, 5) is 15.6. The van der Waals surface area contributed by atoms with Crippen LogP contribution in [0.1, 0.15) is 34.0 Å². The van der Waals surface area contributed by atoms with Gasteiger partial charge < -0.3 is 14.8 Å². The fraction of sp³-hybridized carbons (Fsp3) is 0.148. The summed E-state index contributed by atoms with van der Waals surface area (Å²) in [5, 5.41) is 3.80. The maximum Gasteiger partial charge on any atom is 0.322 e. The number of aromatic nitrogens is 1. The van der Waals surface area contributed by atoms with Gasteiger partial charge in [0, 0.05) is 22.6 Å². The number of fused-ring (bicyclic) bond motifs is 3. The molecular formula is C27H24ClN3O. The number of nitrogens with zero attached hydrogens (tertiary/aromatic N) is 2. The molecule has 1 N–H and O–H groups in total. The molecule has 1 aromatic heterocycles. The molecule has 0 unspecified atom stereocenters. The molecule has 2 amide bonds. The van der Waals surface area contributed by atoms with Crippen molar-refractivity contribution in [3.8, 4) is 5.69 Å². The van der Waals surface area contributed by atoms with Crippen molar-refractivity contribution in [3.05, 3.63) is 118 Å². The van der Waals surface area contributed by atoms with Gasteiger partial charge in [0.05, 0.1) is 18.3 Å². The number of carbonyl (C=O) groups excluding carboxylic acids is 1. The minimum Gasteiger partial charge on any atom is -0.318 e. The predicted molar refractivity (Wildman–Crippen MR) is 130 cm³/mol. The van der Waals surface area contributed by atoms with Gasteiger partial charge in [-0.25, -0.2) is 4.79 Å². The number of halogens is 1. The Morgan fingerprint density at radius 2 is 1.72 bits per heavy atom. The van der Waals surface area contributed by atoms with Crippen LogP contribution in [0, 0.1) is 13.8 Å². The number of anilines is 1. The van der Waals surface area contributed by atoms with Gasteiger partial charge in [0.1, 0.15) is 0 Å². The molecule has 0 bridgehead atoms. The van der Waals surface area contributed by atoms with Crippen LogP contribution in [0.15, 0.2) is 85.1 Å². The Labute approximate surface area is 193 Å². The number of para-hydroxylation sites is 1. The summed E-state index contributed by atoms with van der Waals surface area (Å²) >= 11 is 6.17. The third-order valence-corrected chi connectivity index (χ3v) is 6.42. The number of urea groups is 1. The summed E-state index contributed by atoms with van der Waals surface area (Å²) in [6.07, 6.45) is 2.06. The van der Waals surface area contributed by atoms with E-state index >= 15 is 0 Å². The molecule has 1 aliphatic rings. The first-order chi connectivity index (χ1) is 15.5. The number of aryl methyl sites for hydroxylation is 2. The number of carbonyl (C=O) groups is 1. The Bertz CT molecular complexity index is 1290. The van der Waals surface area contributed by atoms with E-state index in [1.54, 1.807) is 0 Å². The number of benzene rings is 3. The van der Waals surface area contributed by atoms with E-state index in [2.05, 4.69) is 48.1 Å². The summed E-state index contributed by atoms with van der Waals surface area (Å²) < 4.78 is 2.18. The summed E-state index contributed by atoms with van der Waals surface area (Å²) in [7, 11) is 0. The minimum atomic E-state index is -0.263. The average Bonchev–Trinajstić information content (AvgIpc) is 3.21. The maximum absolute atomic E-state index is 13.7. The molecule has 1 atom stereocenters. The predicted octanol–water partition coefficient (Wildman–Crippen LogP) is 6.88. The largest absolute Gasteiger partial charge is 0.322 e. The lowest BCUT2D eigenvalue weighted by Crippen LogP contribution is -2.37. The van der Waals surface area contributed by atoms with Crippen molar-refractivity contribution in [1.29, 1.82) is 0 Å². The Morgan fingerprint density at radius 1 is 0.938 bits per heavy atom. The van der Waals surface area contributed by atoms with Gasteiger partial charge in [-0.3, -0.25) is 0 Å². The fourth-order valence-electron chi connectivity index (χ4n) is 4.35. The van der Waals surface area contributed by atoms with E-state index in [9.17, 15) is 4.79 Å². The van der Waals surface area contributed by atoms with Crippen LogP contribution in [0.4, 0.5) is 10.5 Å². The lowest BCUT2D eigenvalue weighted by molar-refractivity contribution is 0.194. The zero-order valence-electron chi connectivity index (χ0n) is 18.0. The Morgan fingerprint density at radius 3 is 2.50 bits per heavy atom. The Hall–Kier alpha value is -3.50. The van der Waals surface area contributed by atoms with Crippen LogP contribution in [0.5, 0.6) is 0 Å². The standard InChI is InChI=1S/C27H24ClN3O/c1-18-9-14-23(16-19(18)2)29-27(32)31-17-21-6-3-4-7-24(21)30-15-5-8-25(30)26(31)20-10-12-22(28)13-11-20/h3-16,26H,17H2,1-2H3,(H,29,32)/t26-/m0/s1. The van der Waals surface area contributed by atoms with Gasteiger partial charge in [0.25, 0.3) is 0 Å². The molecule has 0 fully saturated rings. The first-order valence-corrected chi connectivity index (χ1v) is 11.0. The van der Waals surface area contributed by atoms with Gasteiger partial charge in [-0.05, 0) is 78.6 Å². The summed E-state index contributed by atoms with van der Waals surface area (Å²) in [6, 6.07) is 25.7. The molecule has 5 rings (SSSR count). The van der Waals surface area contributed by atoms with Crippen molar-refractivity contribution < 1.29 is 4.79 Å². The summed E-state index contributed by atoms with van der Waals surface area (Å²) in [5.41, 5.74) is 7.37. The zero-order chi connectivity index (χ0) is 22.2. The lowest BCUT2D eigenvalue weighted by atomic mass is 10.0. The Balaban J connectivity index is 1.61. The third kappa shape index (κ3) is 3.67. The van der Waals surface area contributed by atoms with Crippen LogP contribution in [-0.4, -0.2) is 15.5 Å². The molecule has 0 saturated heterocycles. The molecule has 32 heavy (non-hydrogen) atoms. The highest BCUT2D eigenvalue weighted by Gasteiger charge is 2.33. The van der Waals surface area contributed by atoms with Gasteiger partial charge in [-0.2, -0.15) is 0 Å². The summed E-state index contributed by atoms with van der Waals surface area (Å²) in [6.45, 7) is 4.61. The van der Waals surface area contributed by atoms with Crippen molar-refractivity contribution in [2.75, 3.05) is 5.32 Å². The smallest absolute Gasteiger partial charge is 0.318 e.